The molecule has 42 heavy (non-hydrogen) atoms. The Hall–Kier alpha value is -3.04. The number of nitrogens with one attached hydrogen (secondary N) is 2. The minimum atomic E-state index is -0.722. The van der Waals surface area contributed by atoms with Gasteiger partial charge in [-0.2, -0.15) is 0 Å². The molecule has 8 nitrogen and oxygen atoms in total. The Labute approximate surface area is 244 Å². The van der Waals surface area contributed by atoms with Crippen molar-refractivity contribution in [1.82, 2.24) is 0 Å². The third-order valence-corrected chi connectivity index (χ3v) is 13.1. The van der Waals surface area contributed by atoms with Crippen molar-refractivity contribution in [3.63, 3.8) is 0 Å². The zero-order valence-electron chi connectivity index (χ0n) is 23.9. The number of phenols is 2. The van der Waals surface area contributed by atoms with E-state index in [-0.39, 0.29) is 34.2 Å². The maximum Gasteiger partial charge on any atom is 0.165 e. The van der Waals surface area contributed by atoms with Crippen LogP contribution in [0.1, 0.15) is 35.1 Å². The number of hydrogen-bond acceptors (Lipinski definition) is 6. The summed E-state index contributed by atoms with van der Waals surface area (Å²) in [5.74, 6) is 1.75. The Morgan fingerprint density at radius 3 is 1.55 bits per heavy atom. The van der Waals surface area contributed by atoms with E-state index in [1.54, 1.807) is 0 Å². The van der Waals surface area contributed by atoms with Crippen LogP contribution in [-0.4, -0.2) is 84.1 Å². The number of likely N-dealkylation sites (N-methyl/N-ethyl adjacent to an activating group) is 2. The highest BCUT2D eigenvalue weighted by molar-refractivity contribution is 5.83. The molecule has 8 aliphatic rings. The van der Waals surface area contributed by atoms with Gasteiger partial charge in [0.15, 0.2) is 23.0 Å². The number of aliphatic hydroxyl groups is 2. The summed E-state index contributed by atoms with van der Waals surface area (Å²) in [7, 11) is 4.55. The molecule has 4 heterocycles. The molecule has 2 saturated heterocycles. The largest absolute Gasteiger partial charge is 0.504 e. The van der Waals surface area contributed by atoms with Crippen molar-refractivity contribution in [2.24, 2.45) is 11.8 Å². The fourth-order valence-electron chi connectivity index (χ4n) is 11.4. The zero-order chi connectivity index (χ0) is 28.4. The smallest absolute Gasteiger partial charge is 0.165 e. The van der Waals surface area contributed by atoms with Gasteiger partial charge < -0.3 is 39.7 Å². The van der Waals surface area contributed by atoms with Crippen LogP contribution in [0.5, 0.6) is 23.0 Å². The average Bonchev–Trinajstić information content (AvgIpc) is 3.51. The number of hydrogen-bond donors (Lipinski definition) is 6. The highest BCUT2D eigenvalue weighted by Gasteiger charge is 2.68. The van der Waals surface area contributed by atoms with E-state index < -0.39 is 24.4 Å². The Morgan fingerprint density at radius 2 is 1.12 bits per heavy atom. The molecule has 0 saturated carbocycles. The summed E-state index contributed by atoms with van der Waals surface area (Å²) < 4.78 is 13.0. The van der Waals surface area contributed by atoms with Crippen LogP contribution in [0.15, 0.2) is 36.4 Å². The second kappa shape index (κ2) is 7.53. The van der Waals surface area contributed by atoms with Gasteiger partial charge in [-0.05, 0) is 34.4 Å². The first-order valence-electron chi connectivity index (χ1n) is 15.8. The number of piperidine rings is 2. The van der Waals surface area contributed by atoms with Gasteiger partial charge in [0.1, 0.15) is 24.4 Å². The minimum absolute atomic E-state index is 0.107. The maximum atomic E-state index is 11.6. The van der Waals surface area contributed by atoms with Gasteiger partial charge in [0.2, 0.25) is 0 Å². The van der Waals surface area contributed by atoms with Crippen LogP contribution in [0.2, 0.25) is 0 Å². The van der Waals surface area contributed by atoms with Crippen molar-refractivity contribution in [1.29, 1.82) is 0 Å². The molecule has 4 aliphatic carbocycles. The number of aliphatic hydroxyl groups excluding tert-OH is 2. The standard InChI is InChI=1S/C34H36N2O6/c1-35-9-7-33-19-3-5-23(37)31(33)41-29-25(39)13-15(17(27(29)33)11-21(19)35)16-14-26(40)30-28-18(16)12-22-20-4-6-24(38)32(42-30)34(20,28)8-10-36(22)2/h3-6,13-14,19-24,31-32,37-40H,7-12H2,1-2H3/p+2/t19?,20?,21-,22-,23+,24+,31+,32+,33+,34+/m1/s1. The van der Waals surface area contributed by atoms with Crippen LogP contribution in [0.4, 0.5) is 0 Å². The number of aromatic hydroxyl groups is 2. The SMILES string of the molecule is C[NH+]1CC[C@]23c4c5c(-c6cc(O)c7c8c6C[C@@H]6C9C=C[C@H](O)[C@H](O7)[C@]89CC[NH+]6C)cc(O)c4O[C@H]2[C@@H](O)C=CC3[C@H]1C5. The van der Waals surface area contributed by atoms with Crippen LogP contribution in [0.3, 0.4) is 0 Å². The number of benzene rings is 2. The molecule has 2 fully saturated rings. The normalized spacial score (nSPS) is 45.6. The molecule has 0 aromatic heterocycles. The van der Waals surface area contributed by atoms with E-state index >= 15 is 0 Å². The molecule has 2 spiro atoms. The number of phenolic OH excluding ortho intramolecular Hbond substituents is 2. The van der Waals surface area contributed by atoms with E-state index in [4.69, 9.17) is 9.47 Å². The van der Waals surface area contributed by atoms with E-state index in [0.29, 0.717) is 23.6 Å². The highest BCUT2D eigenvalue weighted by Crippen LogP contribution is 2.65. The third-order valence-electron chi connectivity index (χ3n) is 13.1. The van der Waals surface area contributed by atoms with Crippen LogP contribution in [-0.2, 0) is 23.7 Å². The molecule has 6 N–H and O–H groups in total. The first kappa shape index (κ1) is 24.4. The van der Waals surface area contributed by atoms with Crippen molar-refractivity contribution in [3.8, 4) is 34.1 Å². The molecule has 4 aliphatic heterocycles. The quantitative estimate of drug-likeness (QED) is 0.259. The molecule has 4 bridgehead atoms. The Bertz CT molecular complexity index is 1550. The topological polar surface area (TPSA) is 108 Å². The van der Waals surface area contributed by atoms with Gasteiger partial charge in [0, 0.05) is 48.6 Å². The lowest BCUT2D eigenvalue weighted by Crippen LogP contribution is -3.16. The van der Waals surface area contributed by atoms with Gasteiger partial charge in [0.25, 0.3) is 0 Å². The molecule has 218 valence electrons. The lowest BCUT2D eigenvalue weighted by atomic mass is 9.52. The second-order valence-electron chi connectivity index (χ2n) is 14.5. The van der Waals surface area contributed by atoms with Gasteiger partial charge in [-0.25, -0.2) is 0 Å². The van der Waals surface area contributed by atoms with Crippen LogP contribution >= 0.6 is 0 Å². The zero-order valence-corrected chi connectivity index (χ0v) is 23.9. The molecule has 4 unspecified atom stereocenters. The molecular weight excluding hydrogens is 532 g/mol. The summed E-state index contributed by atoms with van der Waals surface area (Å²) >= 11 is 0. The van der Waals surface area contributed by atoms with Gasteiger partial charge in [-0.3, -0.25) is 0 Å². The minimum Gasteiger partial charge on any atom is -0.504 e. The first-order valence-corrected chi connectivity index (χ1v) is 15.8. The lowest BCUT2D eigenvalue weighted by molar-refractivity contribution is -0.917. The third kappa shape index (κ3) is 2.48. The van der Waals surface area contributed by atoms with Gasteiger partial charge >= 0.3 is 0 Å². The molecule has 12 atom stereocenters. The molecule has 0 radical (unpaired) electrons. The number of ether oxygens (including phenoxy) is 2. The summed E-state index contributed by atoms with van der Waals surface area (Å²) in [6, 6.07) is 4.37. The number of rotatable bonds is 1. The molecule has 0 amide bonds. The van der Waals surface area contributed by atoms with Crippen molar-refractivity contribution in [2.45, 2.75) is 73.0 Å². The van der Waals surface area contributed by atoms with Crippen molar-refractivity contribution in [3.05, 3.63) is 58.7 Å². The molecule has 2 aromatic carbocycles. The molecule has 10 rings (SSSR count). The maximum absolute atomic E-state index is 11.6. The first-order chi connectivity index (χ1) is 20.3. The van der Waals surface area contributed by atoms with Gasteiger partial charge in [0.05, 0.1) is 50.1 Å². The van der Waals surface area contributed by atoms with Gasteiger partial charge in [-0.15, -0.1) is 0 Å². The number of quaternary nitrogens is 2. The molecule has 8 heteroatoms. The molecular formula is C34H38N2O6+2. The van der Waals surface area contributed by atoms with Crippen molar-refractivity contribution >= 4 is 0 Å². The summed E-state index contributed by atoms with van der Waals surface area (Å²) in [6.07, 6.45) is 9.40. The second-order valence-corrected chi connectivity index (χ2v) is 14.5. The predicted molar refractivity (Wildman–Crippen MR) is 152 cm³/mol. The Morgan fingerprint density at radius 1 is 0.690 bits per heavy atom. The molecule has 2 aromatic rings. The van der Waals surface area contributed by atoms with Crippen molar-refractivity contribution in [2.75, 3.05) is 27.2 Å². The van der Waals surface area contributed by atoms with E-state index in [9.17, 15) is 20.4 Å². The Balaban J connectivity index is 1.26. The van der Waals surface area contributed by atoms with E-state index in [1.807, 2.05) is 24.3 Å². The van der Waals surface area contributed by atoms with E-state index in [2.05, 4.69) is 26.2 Å². The number of likely N-dealkylation sites (tertiary alicyclic amines) is 2. The fourth-order valence-corrected chi connectivity index (χ4v) is 11.4. The monoisotopic (exact) mass is 570 g/mol. The van der Waals surface area contributed by atoms with E-state index in [1.165, 1.54) is 20.9 Å². The average molecular weight is 571 g/mol. The summed E-state index contributed by atoms with van der Waals surface area (Å²) in [6.45, 7) is 1.98. The Kier molecular flexibility index (Phi) is 4.38. The predicted octanol–water partition coefficient (Wildman–Crippen LogP) is -0.458. The van der Waals surface area contributed by atoms with Crippen molar-refractivity contribution < 1.29 is 39.7 Å². The van der Waals surface area contributed by atoms with Crippen LogP contribution < -0.4 is 19.3 Å². The highest BCUT2D eigenvalue weighted by atomic mass is 16.5. The summed E-state index contributed by atoms with van der Waals surface area (Å²) in [5.41, 5.74) is 5.71. The van der Waals surface area contributed by atoms with Crippen LogP contribution in [0, 0.1) is 11.8 Å². The summed E-state index contributed by atoms with van der Waals surface area (Å²) in [5, 5.41) is 45.4. The summed E-state index contributed by atoms with van der Waals surface area (Å²) in [4.78, 5) is 2.98. The van der Waals surface area contributed by atoms with Gasteiger partial charge in [-0.1, -0.05) is 24.3 Å². The fraction of sp³-hybridized carbons (Fsp3) is 0.529. The van der Waals surface area contributed by atoms with E-state index in [0.717, 1.165) is 61.0 Å². The lowest BCUT2D eigenvalue weighted by Gasteiger charge is -2.55. The van der Waals surface area contributed by atoms with Crippen LogP contribution in [0.25, 0.3) is 11.1 Å².